The van der Waals surface area contributed by atoms with Crippen molar-refractivity contribution < 1.29 is 4.79 Å². The second-order valence-corrected chi connectivity index (χ2v) is 6.58. The number of pyridine rings is 1. The molecule has 124 valence electrons. The lowest BCUT2D eigenvalue weighted by molar-refractivity contribution is 0.115. The maximum atomic E-state index is 12.7. The van der Waals surface area contributed by atoms with Crippen molar-refractivity contribution in [3.05, 3.63) is 59.9 Å². The molecule has 2 saturated heterocycles. The summed E-state index contributed by atoms with van der Waals surface area (Å²) in [4.78, 5) is 23.5. The van der Waals surface area contributed by atoms with Crippen molar-refractivity contribution >= 4 is 11.7 Å². The maximum Gasteiger partial charge on any atom is 0.324 e. The van der Waals surface area contributed by atoms with Crippen molar-refractivity contribution in [1.82, 2.24) is 14.8 Å². The SMILES string of the molecule is Cc1cccnc1CN1CCN2C(=O)N(c3ccccc3)C[C@H]2C1. The Morgan fingerprint density at radius 3 is 2.71 bits per heavy atom. The number of aryl methyl sites for hydroxylation is 1. The molecule has 2 aliphatic rings. The molecule has 1 atom stereocenters. The van der Waals surface area contributed by atoms with Crippen LogP contribution in [-0.4, -0.2) is 53.0 Å². The number of anilines is 1. The number of hydrogen-bond donors (Lipinski definition) is 0. The molecule has 2 fully saturated rings. The first-order valence-electron chi connectivity index (χ1n) is 8.48. The van der Waals surface area contributed by atoms with Crippen molar-refractivity contribution in [2.24, 2.45) is 0 Å². The highest BCUT2D eigenvalue weighted by atomic mass is 16.2. The predicted octanol–water partition coefficient (Wildman–Crippen LogP) is 2.52. The van der Waals surface area contributed by atoms with E-state index in [0.29, 0.717) is 0 Å². The Labute approximate surface area is 142 Å². The summed E-state index contributed by atoms with van der Waals surface area (Å²) < 4.78 is 0. The molecule has 0 radical (unpaired) electrons. The third-order valence-electron chi connectivity index (χ3n) is 5.00. The second kappa shape index (κ2) is 6.24. The van der Waals surface area contributed by atoms with Crippen molar-refractivity contribution in [2.75, 3.05) is 31.1 Å². The van der Waals surface area contributed by atoms with E-state index in [1.54, 1.807) is 0 Å². The number of benzene rings is 1. The van der Waals surface area contributed by atoms with Gasteiger partial charge >= 0.3 is 6.03 Å². The number of amides is 2. The number of nitrogens with zero attached hydrogens (tertiary/aromatic N) is 4. The zero-order valence-corrected chi connectivity index (χ0v) is 13.9. The van der Waals surface area contributed by atoms with Gasteiger partial charge in [-0.2, -0.15) is 0 Å². The fraction of sp³-hybridized carbons (Fsp3) is 0.368. The minimum absolute atomic E-state index is 0.139. The fourth-order valence-corrected chi connectivity index (χ4v) is 3.63. The van der Waals surface area contributed by atoms with Crippen LogP contribution in [0.4, 0.5) is 10.5 Å². The molecule has 0 spiro atoms. The van der Waals surface area contributed by atoms with E-state index in [2.05, 4.69) is 22.9 Å². The van der Waals surface area contributed by atoms with Gasteiger partial charge in [0.1, 0.15) is 0 Å². The molecule has 2 aromatic rings. The quantitative estimate of drug-likeness (QED) is 0.872. The van der Waals surface area contributed by atoms with Crippen LogP contribution in [0.5, 0.6) is 0 Å². The van der Waals surface area contributed by atoms with Gasteiger partial charge in [-0.05, 0) is 30.7 Å². The Morgan fingerprint density at radius 1 is 1.08 bits per heavy atom. The summed E-state index contributed by atoms with van der Waals surface area (Å²) in [7, 11) is 0. The van der Waals surface area contributed by atoms with E-state index in [1.165, 1.54) is 5.56 Å². The molecule has 1 aromatic carbocycles. The van der Waals surface area contributed by atoms with Gasteiger partial charge in [-0.15, -0.1) is 0 Å². The topological polar surface area (TPSA) is 39.7 Å². The molecule has 0 bridgehead atoms. The largest absolute Gasteiger partial charge is 0.324 e. The molecule has 0 saturated carbocycles. The van der Waals surface area contributed by atoms with Crippen LogP contribution in [0.15, 0.2) is 48.7 Å². The number of para-hydroxylation sites is 1. The van der Waals surface area contributed by atoms with Crippen LogP contribution in [0.1, 0.15) is 11.3 Å². The van der Waals surface area contributed by atoms with Gasteiger partial charge in [-0.3, -0.25) is 14.8 Å². The summed E-state index contributed by atoms with van der Waals surface area (Å²) in [6.45, 7) is 6.33. The summed E-state index contributed by atoms with van der Waals surface area (Å²) in [6.07, 6.45) is 1.86. The molecule has 2 amide bonds. The van der Waals surface area contributed by atoms with Gasteiger partial charge in [0.2, 0.25) is 0 Å². The smallest absolute Gasteiger partial charge is 0.317 e. The molecule has 0 N–H and O–H groups in total. The van der Waals surface area contributed by atoms with Crippen LogP contribution in [0.2, 0.25) is 0 Å². The molecular weight excluding hydrogens is 300 g/mol. The minimum atomic E-state index is 0.139. The van der Waals surface area contributed by atoms with E-state index in [0.717, 1.165) is 44.1 Å². The average Bonchev–Trinajstić information content (AvgIpc) is 2.94. The third-order valence-corrected chi connectivity index (χ3v) is 5.00. The lowest BCUT2D eigenvalue weighted by Gasteiger charge is -2.36. The Hall–Kier alpha value is -2.40. The molecular formula is C19H22N4O. The molecule has 0 aliphatic carbocycles. The molecule has 5 heteroatoms. The molecule has 3 heterocycles. The van der Waals surface area contributed by atoms with Gasteiger partial charge in [0.05, 0.1) is 11.7 Å². The number of rotatable bonds is 3. The van der Waals surface area contributed by atoms with E-state index < -0.39 is 0 Å². The summed E-state index contributed by atoms with van der Waals surface area (Å²) in [6, 6.07) is 14.4. The van der Waals surface area contributed by atoms with Gasteiger partial charge in [0.25, 0.3) is 0 Å². The molecule has 0 unspecified atom stereocenters. The summed E-state index contributed by atoms with van der Waals surface area (Å²) in [5.74, 6) is 0. The van der Waals surface area contributed by atoms with Crippen molar-refractivity contribution in [3.63, 3.8) is 0 Å². The average molecular weight is 322 g/mol. The van der Waals surface area contributed by atoms with E-state index in [-0.39, 0.29) is 12.1 Å². The van der Waals surface area contributed by atoms with Crippen LogP contribution >= 0.6 is 0 Å². The van der Waals surface area contributed by atoms with E-state index in [9.17, 15) is 4.79 Å². The lowest BCUT2D eigenvalue weighted by Crippen LogP contribution is -2.51. The van der Waals surface area contributed by atoms with Gasteiger partial charge in [-0.25, -0.2) is 4.79 Å². The zero-order valence-electron chi connectivity index (χ0n) is 13.9. The van der Waals surface area contributed by atoms with Gasteiger partial charge in [0.15, 0.2) is 0 Å². The van der Waals surface area contributed by atoms with Crippen LogP contribution in [0, 0.1) is 6.92 Å². The number of piperazine rings is 1. The van der Waals surface area contributed by atoms with Crippen LogP contribution < -0.4 is 4.90 Å². The zero-order chi connectivity index (χ0) is 16.5. The Morgan fingerprint density at radius 2 is 1.92 bits per heavy atom. The standard InChI is InChI=1S/C19H22N4O/c1-15-6-5-9-20-18(15)14-21-10-11-22-17(12-21)13-23(19(22)24)16-7-3-2-4-8-16/h2-9,17H,10-14H2,1H3/t17-/m1/s1. The Bertz CT molecular complexity index is 733. The van der Waals surface area contributed by atoms with Gasteiger partial charge in [0, 0.05) is 44.6 Å². The Kier molecular flexibility index (Phi) is 3.94. The van der Waals surface area contributed by atoms with Crippen LogP contribution in [-0.2, 0) is 6.54 Å². The van der Waals surface area contributed by atoms with Gasteiger partial charge in [-0.1, -0.05) is 24.3 Å². The first-order valence-corrected chi connectivity index (χ1v) is 8.48. The van der Waals surface area contributed by atoms with E-state index in [4.69, 9.17) is 0 Å². The number of aromatic nitrogens is 1. The molecule has 24 heavy (non-hydrogen) atoms. The van der Waals surface area contributed by atoms with Crippen molar-refractivity contribution in [3.8, 4) is 0 Å². The normalized spacial score (nSPS) is 21.2. The summed E-state index contributed by atoms with van der Waals surface area (Å²) in [5.41, 5.74) is 3.35. The highest BCUT2D eigenvalue weighted by Crippen LogP contribution is 2.26. The summed E-state index contributed by atoms with van der Waals surface area (Å²) in [5, 5.41) is 0. The number of urea groups is 1. The third kappa shape index (κ3) is 2.76. The number of fused-ring (bicyclic) bond motifs is 1. The lowest BCUT2D eigenvalue weighted by atomic mass is 10.1. The predicted molar refractivity (Wildman–Crippen MR) is 93.9 cm³/mol. The first-order chi connectivity index (χ1) is 11.7. The van der Waals surface area contributed by atoms with Crippen LogP contribution in [0.25, 0.3) is 0 Å². The van der Waals surface area contributed by atoms with E-state index in [1.807, 2.05) is 52.4 Å². The first kappa shape index (κ1) is 15.1. The van der Waals surface area contributed by atoms with Crippen molar-refractivity contribution in [1.29, 1.82) is 0 Å². The summed E-state index contributed by atoms with van der Waals surface area (Å²) >= 11 is 0. The molecule has 1 aromatic heterocycles. The molecule has 4 rings (SSSR count). The highest BCUT2D eigenvalue weighted by molar-refractivity contribution is 5.94. The monoisotopic (exact) mass is 322 g/mol. The molecule has 5 nitrogen and oxygen atoms in total. The van der Waals surface area contributed by atoms with Crippen molar-refractivity contribution in [2.45, 2.75) is 19.5 Å². The van der Waals surface area contributed by atoms with Crippen LogP contribution in [0.3, 0.4) is 0 Å². The van der Waals surface area contributed by atoms with E-state index >= 15 is 0 Å². The fourth-order valence-electron chi connectivity index (χ4n) is 3.63. The number of carbonyl (C=O) groups excluding carboxylic acids is 1. The number of hydrogen-bond acceptors (Lipinski definition) is 3. The maximum absolute atomic E-state index is 12.7. The Balaban J connectivity index is 1.46. The second-order valence-electron chi connectivity index (χ2n) is 6.58. The van der Waals surface area contributed by atoms with Gasteiger partial charge < -0.3 is 4.90 Å². The highest BCUT2D eigenvalue weighted by Gasteiger charge is 2.41. The minimum Gasteiger partial charge on any atom is -0.317 e. The molecule has 2 aliphatic heterocycles. The number of carbonyl (C=O) groups is 1.